The summed E-state index contributed by atoms with van der Waals surface area (Å²) in [7, 11) is 0. The van der Waals surface area contributed by atoms with Crippen LogP contribution in [-0.2, 0) is 9.59 Å². The van der Waals surface area contributed by atoms with Crippen LogP contribution in [0, 0.1) is 0 Å². The molecule has 0 aliphatic rings. The summed E-state index contributed by atoms with van der Waals surface area (Å²) in [6.07, 6.45) is 0.180. The molecule has 0 bridgehead atoms. The van der Waals surface area contributed by atoms with Gasteiger partial charge in [-0.05, 0) is 29.8 Å². The zero-order valence-corrected chi connectivity index (χ0v) is 13.8. The monoisotopic (exact) mass is 360 g/mol. The molecule has 0 radical (unpaired) electrons. The topological polar surface area (TPSA) is 58.2 Å². The minimum Gasteiger partial charge on any atom is -0.349 e. The Hall–Kier alpha value is -2.14. The fourth-order valence-corrected chi connectivity index (χ4v) is 2.38. The van der Waals surface area contributed by atoms with Crippen molar-refractivity contribution in [1.29, 1.82) is 0 Å². The molecule has 2 aromatic rings. The maximum absolute atomic E-state index is 12.2. The lowest BCUT2D eigenvalue weighted by Crippen LogP contribution is -2.29. The van der Waals surface area contributed by atoms with Crippen molar-refractivity contribution in [2.24, 2.45) is 0 Å². The number of hydrogen-bond donors (Lipinski definition) is 2. The third-order valence-corrected chi connectivity index (χ3v) is 3.63. The van der Waals surface area contributed by atoms with Crippen LogP contribution in [0.2, 0.25) is 0 Å². The molecule has 22 heavy (non-hydrogen) atoms. The molecule has 114 valence electrons. The zero-order chi connectivity index (χ0) is 15.9. The number of carbonyl (C=O) groups is 2. The van der Waals surface area contributed by atoms with Crippen LogP contribution in [0.3, 0.4) is 0 Å². The highest BCUT2D eigenvalue weighted by atomic mass is 79.9. The van der Waals surface area contributed by atoms with Crippen LogP contribution in [0.25, 0.3) is 0 Å². The van der Waals surface area contributed by atoms with Gasteiger partial charge in [0, 0.05) is 17.1 Å². The first-order chi connectivity index (χ1) is 10.5. The Morgan fingerprint density at radius 1 is 1.05 bits per heavy atom. The number of nitrogens with one attached hydrogen (secondary N) is 2. The van der Waals surface area contributed by atoms with Gasteiger partial charge < -0.3 is 10.6 Å². The second-order valence-corrected chi connectivity index (χ2v) is 5.84. The number of halogens is 1. The molecule has 0 aliphatic heterocycles. The quantitative estimate of drug-likeness (QED) is 0.854. The Kier molecular flexibility index (Phi) is 5.72. The van der Waals surface area contributed by atoms with E-state index in [1.165, 1.54) is 6.92 Å². The van der Waals surface area contributed by atoms with Crippen LogP contribution in [0.5, 0.6) is 0 Å². The molecule has 0 spiro atoms. The van der Waals surface area contributed by atoms with E-state index in [0.29, 0.717) is 0 Å². The van der Waals surface area contributed by atoms with Gasteiger partial charge in [0.25, 0.3) is 0 Å². The molecular weight excluding hydrogens is 344 g/mol. The lowest BCUT2D eigenvalue weighted by atomic mass is 10.0. The molecule has 2 N–H and O–H groups in total. The van der Waals surface area contributed by atoms with E-state index in [2.05, 4.69) is 26.6 Å². The zero-order valence-electron chi connectivity index (χ0n) is 12.2. The molecule has 0 saturated carbocycles. The predicted molar refractivity (Wildman–Crippen MR) is 90.4 cm³/mol. The van der Waals surface area contributed by atoms with Crippen LogP contribution in [0.4, 0.5) is 5.69 Å². The summed E-state index contributed by atoms with van der Waals surface area (Å²) in [4.78, 5) is 23.5. The van der Waals surface area contributed by atoms with E-state index in [0.717, 1.165) is 15.7 Å². The van der Waals surface area contributed by atoms with Gasteiger partial charge in [-0.2, -0.15) is 0 Å². The van der Waals surface area contributed by atoms with Gasteiger partial charge in [-0.25, -0.2) is 0 Å². The summed E-state index contributed by atoms with van der Waals surface area (Å²) in [6, 6.07) is 16.5. The van der Waals surface area contributed by atoms with Crippen molar-refractivity contribution in [1.82, 2.24) is 5.32 Å². The van der Waals surface area contributed by atoms with Gasteiger partial charge in [-0.15, -0.1) is 0 Å². The molecule has 5 heteroatoms. The van der Waals surface area contributed by atoms with E-state index in [4.69, 9.17) is 0 Å². The highest BCUT2D eigenvalue weighted by molar-refractivity contribution is 9.10. The Morgan fingerprint density at radius 3 is 2.27 bits per heavy atom. The maximum atomic E-state index is 12.2. The van der Waals surface area contributed by atoms with Crippen molar-refractivity contribution in [2.45, 2.75) is 19.4 Å². The minimum absolute atomic E-state index is 0.148. The lowest BCUT2D eigenvalue weighted by molar-refractivity contribution is -0.120. The maximum Gasteiger partial charge on any atom is 0.226 e. The molecule has 2 aromatic carbocycles. The first-order valence-electron chi connectivity index (χ1n) is 6.92. The summed E-state index contributed by atoms with van der Waals surface area (Å²) in [5.74, 6) is -0.310. The molecular formula is C17H17BrN2O2. The molecule has 2 amide bonds. The van der Waals surface area contributed by atoms with Gasteiger partial charge in [-0.3, -0.25) is 9.59 Å². The van der Waals surface area contributed by atoms with Crippen LogP contribution >= 0.6 is 15.9 Å². The summed E-state index contributed by atoms with van der Waals surface area (Å²) < 4.78 is 0.950. The molecule has 2 rings (SSSR count). The number of amides is 2. The van der Waals surface area contributed by atoms with E-state index in [1.807, 2.05) is 54.6 Å². The highest BCUT2D eigenvalue weighted by Crippen LogP contribution is 2.19. The fraction of sp³-hybridized carbons (Fsp3) is 0.176. The van der Waals surface area contributed by atoms with Gasteiger partial charge in [0.2, 0.25) is 11.8 Å². The summed E-state index contributed by atoms with van der Waals surface area (Å²) in [5, 5.41) is 5.65. The first-order valence-corrected chi connectivity index (χ1v) is 7.71. The lowest BCUT2D eigenvalue weighted by Gasteiger charge is -2.18. The average molecular weight is 361 g/mol. The van der Waals surface area contributed by atoms with Gasteiger partial charge >= 0.3 is 0 Å². The molecule has 1 atom stereocenters. The van der Waals surface area contributed by atoms with Gasteiger partial charge in [0.15, 0.2) is 0 Å². The van der Waals surface area contributed by atoms with E-state index in [9.17, 15) is 9.59 Å². The van der Waals surface area contributed by atoms with Crippen LogP contribution in [-0.4, -0.2) is 11.8 Å². The van der Waals surface area contributed by atoms with Crippen LogP contribution < -0.4 is 10.6 Å². The summed E-state index contributed by atoms with van der Waals surface area (Å²) in [5.41, 5.74) is 1.63. The van der Waals surface area contributed by atoms with Gasteiger partial charge in [-0.1, -0.05) is 46.3 Å². The molecule has 0 unspecified atom stereocenters. The summed E-state index contributed by atoms with van der Waals surface area (Å²) in [6.45, 7) is 1.45. The smallest absolute Gasteiger partial charge is 0.226 e. The average Bonchev–Trinajstić information content (AvgIpc) is 2.49. The standard InChI is InChI=1S/C17H17BrN2O2/c1-12(21)19-16(13-5-3-2-4-6-13)11-17(22)20-15-9-7-14(18)8-10-15/h2-10,16H,11H2,1H3,(H,19,21)(H,20,22)/t16-/m1/s1. The first kappa shape index (κ1) is 16.2. The number of benzene rings is 2. The van der Waals surface area contributed by atoms with Crippen molar-refractivity contribution in [2.75, 3.05) is 5.32 Å². The van der Waals surface area contributed by atoms with Gasteiger partial charge in [0.05, 0.1) is 12.5 Å². The number of rotatable bonds is 5. The SMILES string of the molecule is CC(=O)N[C@H](CC(=O)Nc1ccc(Br)cc1)c1ccccc1. The number of carbonyl (C=O) groups excluding carboxylic acids is 2. The van der Waals surface area contributed by atoms with Crippen molar-refractivity contribution in [3.05, 3.63) is 64.6 Å². The van der Waals surface area contributed by atoms with Crippen molar-refractivity contribution < 1.29 is 9.59 Å². The van der Waals surface area contributed by atoms with E-state index < -0.39 is 0 Å². The van der Waals surface area contributed by atoms with Crippen LogP contribution in [0.15, 0.2) is 59.1 Å². The van der Waals surface area contributed by atoms with Gasteiger partial charge in [0.1, 0.15) is 0 Å². The minimum atomic E-state index is -0.339. The Balaban J connectivity index is 2.04. The Morgan fingerprint density at radius 2 is 1.68 bits per heavy atom. The van der Waals surface area contributed by atoms with E-state index in [1.54, 1.807) is 0 Å². The molecule has 0 saturated heterocycles. The molecule has 0 aliphatic carbocycles. The van der Waals surface area contributed by atoms with Crippen LogP contribution in [0.1, 0.15) is 24.9 Å². The highest BCUT2D eigenvalue weighted by Gasteiger charge is 2.16. The third-order valence-electron chi connectivity index (χ3n) is 3.10. The Bertz CT molecular complexity index is 641. The van der Waals surface area contributed by atoms with E-state index in [-0.39, 0.29) is 24.3 Å². The molecule has 0 fully saturated rings. The number of anilines is 1. The van der Waals surface area contributed by atoms with E-state index >= 15 is 0 Å². The largest absolute Gasteiger partial charge is 0.349 e. The van der Waals surface area contributed by atoms with Crippen molar-refractivity contribution in [3.8, 4) is 0 Å². The normalized spacial score (nSPS) is 11.5. The third kappa shape index (κ3) is 5.00. The second kappa shape index (κ2) is 7.75. The predicted octanol–water partition coefficient (Wildman–Crippen LogP) is 3.66. The molecule has 0 heterocycles. The molecule has 4 nitrogen and oxygen atoms in total. The fourth-order valence-electron chi connectivity index (χ4n) is 2.11. The summed E-state index contributed by atoms with van der Waals surface area (Å²) >= 11 is 3.35. The van der Waals surface area contributed by atoms with Crippen molar-refractivity contribution >= 4 is 33.4 Å². The Labute approximate surface area is 138 Å². The number of hydrogen-bond acceptors (Lipinski definition) is 2. The molecule has 0 aromatic heterocycles. The van der Waals surface area contributed by atoms with Crippen molar-refractivity contribution in [3.63, 3.8) is 0 Å². The second-order valence-electron chi connectivity index (χ2n) is 4.92.